The molecule has 0 spiro atoms. The Balaban J connectivity index is 2.14. The molecule has 1 fully saturated rings. The first-order chi connectivity index (χ1) is 8.60. The Kier molecular flexibility index (Phi) is 4.44. The van der Waals surface area contributed by atoms with Crippen molar-refractivity contribution in [2.45, 2.75) is 33.1 Å². The first kappa shape index (κ1) is 13.6. The SMILES string of the molecule is CCCN(CC1CC1)C(=O)c1cc(C)cc(Br)c1. The van der Waals surface area contributed by atoms with E-state index in [-0.39, 0.29) is 5.91 Å². The number of halogens is 1. The maximum absolute atomic E-state index is 12.5. The highest BCUT2D eigenvalue weighted by Gasteiger charge is 2.26. The zero-order valence-electron chi connectivity index (χ0n) is 11.1. The third-order valence-corrected chi connectivity index (χ3v) is 3.70. The van der Waals surface area contributed by atoms with Crippen LogP contribution in [0.15, 0.2) is 22.7 Å². The van der Waals surface area contributed by atoms with E-state index in [0.717, 1.165) is 41.0 Å². The van der Waals surface area contributed by atoms with E-state index in [0.29, 0.717) is 0 Å². The summed E-state index contributed by atoms with van der Waals surface area (Å²) in [6.07, 6.45) is 3.58. The lowest BCUT2D eigenvalue weighted by molar-refractivity contribution is 0.0747. The van der Waals surface area contributed by atoms with Crippen molar-refractivity contribution in [3.05, 3.63) is 33.8 Å². The van der Waals surface area contributed by atoms with Gasteiger partial charge in [0, 0.05) is 23.1 Å². The van der Waals surface area contributed by atoms with E-state index in [1.165, 1.54) is 12.8 Å². The van der Waals surface area contributed by atoms with Crippen molar-refractivity contribution in [3.8, 4) is 0 Å². The summed E-state index contributed by atoms with van der Waals surface area (Å²) in [6.45, 7) is 5.94. The Hall–Kier alpha value is -0.830. The van der Waals surface area contributed by atoms with Crippen molar-refractivity contribution < 1.29 is 4.79 Å². The number of aryl methyl sites for hydroxylation is 1. The van der Waals surface area contributed by atoms with Gasteiger partial charge in [-0.3, -0.25) is 4.79 Å². The van der Waals surface area contributed by atoms with Gasteiger partial charge in [-0.1, -0.05) is 22.9 Å². The van der Waals surface area contributed by atoms with Gasteiger partial charge >= 0.3 is 0 Å². The highest BCUT2D eigenvalue weighted by Crippen LogP contribution is 2.30. The largest absolute Gasteiger partial charge is 0.338 e. The first-order valence-corrected chi connectivity index (χ1v) is 7.46. The minimum atomic E-state index is 0.174. The third-order valence-electron chi connectivity index (χ3n) is 3.25. The van der Waals surface area contributed by atoms with Crippen LogP contribution in [0.5, 0.6) is 0 Å². The molecule has 1 aromatic rings. The second-order valence-electron chi connectivity index (χ2n) is 5.21. The smallest absolute Gasteiger partial charge is 0.253 e. The molecule has 1 aliphatic rings. The second kappa shape index (κ2) is 5.87. The summed E-state index contributed by atoms with van der Waals surface area (Å²) < 4.78 is 0.980. The van der Waals surface area contributed by atoms with Gasteiger partial charge in [0.25, 0.3) is 5.91 Å². The normalized spacial score (nSPS) is 14.6. The fraction of sp³-hybridized carbons (Fsp3) is 0.533. The number of nitrogens with zero attached hydrogens (tertiary/aromatic N) is 1. The molecule has 0 bridgehead atoms. The van der Waals surface area contributed by atoms with E-state index < -0.39 is 0 Å². The number of hydrogen-bond acceptors (Lipinski definition) is 1. The topological polar surface area (TPSA) is 20.3 Å². The molecule has 0 aliphatic heterocycles. The molecule has 0 saturated heterocycles. The zero-order chi connectivity index (χ0) is 13.1. The summed E-state index contributed by atoms with van der Waals surface area (Å²) in [4.78, 5) is 14.5. The van der Waals surface area contributed by atoms with Gasteiger partial charge in [0.05, 0.1) is 0 Å². The third kappa shape index (κ3) is 3.58. The number of hydrogen-bond donors (Lipinski definition) is 0. The van der Waals surface area contributed by atoms with Crippen molar-refractivity contribution >= 4 is 21.8 Å². The van der Waals surface area contributed by atoms with E-state index in [1.807, 2.05) is 30.0 Å². The summed E-state index contributed by atoms with van der Waals surface area (Å²) in [5, 5.41) is 0. The summed E-state index contributed by atoms with van der Waals surface area (Å²) in [7, 11) is 0. The van der Waals surface area contributed by atoms with E-state index in [4.69, 9.17) is 0 Å². The summed E-state index contributed by atoms with van der Waals surface area (Å²) in [5.41, 5.74) is 1.92. The summed E-state index contributed by atoms with van der Waals surface area (Å²) in [5.74, 6) is 0.918. The second-order valence-corrected chi connectivity index (χ2v) is 6.13. The molecule has 0 unspecified atom stereocenters. The Morgan fingerprint density at radius 3 is 2.67 bits per heavy atom. The number of carbonyl (C=O) groups is 1. The number of rotatable bonds is 5. The predicted molar refractivity (Wildman–Crippen MR) is 77.8 cm³/mol. The number of benzene rings is 1. The molecule has 1 amide bonds. The fourth-order valence-electron chi connectivity index (χ4n) is 2.20. The van der Waals surface area contributed by atoms with Crippen molar-refractivity contribution in [3.63, 3.8) is 0 Å². The minimum absolute atomic E-state index is 0.174. The van der Waals surface area contributed by atoms with Crippen LogP contribution in [0, 0.1) is 12.8 Å². The molecule has 0 aromatic heterocycles. The summed E-state index contributed by atoms with van der Waals surface area (Å²) in [6, 6.07) is 5.93. The molecule has 1 aliphatic carbocycles. The quantitative estimate of drug-likeness (QED) is 0.804. The Labute approximate surface area is 117 Å². The number of carbonyl (C=O) groups excluding carboxylic acids is 1. The van der Waals surface area contributed by atoms with Crippen LogP contribution in [0.2, 0.25) is 0 Å². The molecule has 98 valence electrons. The van der Waals surface area contributed by atoms with Gasteiger partial charge in [0.15, 0.2) is 0 Å². The maximum atomic E-state index is 12.5. The molecule has 0 atom stereocenters. The van der Waals surface area contributed by atoms with Gasteiger partial charge in [0.2, 0.25) is 0 Å². The highest BCUT2D eigenvalue weighted by molar-refractivity contribution is 9.10. The van der Waals surface area contributed by atoms with E-state index in [1.54, 1.807) is 0 Å². The average molecular weight is 310 g/mol. The lowest BCUT2D eigenvalue weighted by Crippen LogP contribution is -2.33. The van der Waals surface area contributed by atoms with Crippen LogP contribution >= 0.6 is 15.9 Å². The van der Waals surface area contributed by atoms with Crippen molar-refractivity contribution in [2.75, 3.05) is 13.1 Å². The molecule has 2 nitrogen and oxygen atoms in total. The van der Waals surface area contributed by atoms with Crippen LogP contribution < -0.4 is 0 Å². The lowest BCUT2D eigenvalue weighted by Gasteiger charge is -2.22. The van der Waals surface area contributed by atoms with Crippen LogP contribution in [0.4, 0.5) is 0 Å². The first-order valence-electron chi connectivity index (χ1n) is 6.66. The van der Waals surface area contributed by atoms with Crippen molar-refractivity contribution in [1.82, 2.24) is 4.90 Å². The van der Waals surface area contributed by atoms with Gasteiger partial charge in [-0.15, -0.1) is 0 Å². The van der Waals surface area contributed by atoms with Crippen LogP contribution in [0.25, 0.3) is 0 Å². The van der Waals surface area contributed by atoms with Crippen molar-refractivity contribution in [1.29, 1.82) is 0 Å². The standard InChI is InChI=1S/C15H20BrNO/c1-3-6-17(10-12-4-5-12)15(18)13-7-11(2)8-14(16)9-13/h7-9,12H,3-6,10H2,1-2H3. The predicted octanol–water partition coefficient (Wildman–Crippen LogP) is 4.02. The Morgan fingerprint density at radius 1 is 1.39 bits per heavy atom. The zero-order valence-corrected chi connectivity index (χ0v) is 12.7. The van der Waals surface area contributed by atoms with Gasteiger partial charge in [-0.05, 0) is 55.9 Å². The van der Waals surface area contributed by atoms with E-state index >= 15 is 0 Å². The Bertz CT molecular complexity index is 420. The van der Waals surface area contributed by atoms with Gasteiger partial charge in [-0.2, -0.15) is 0 Å². The molecule has 18 heavy (non-hydrogen) atoms. The van der Waals surface area contributed by atoms with Crippen LogP contribution in [-0.2, 0) is 0 Å². The summed E-state index contributed by atoms with van der Waals surface area (Å²) >= 11 is 3.46. The van der Waals surface area contributed by atoms with Crippen LogP contribution in [0.3, 0.4) is 0 Å². The fourth-order valence-corrected chi connectivity index (χ4v) is 2.81. The molecular formula is C15H20BrNO. The molecule has 0 heterocycles. The lowest BCUT2D eigenvalue weighted by atomic mass is 10.1. The number of amides is 1. The molecule has 0 N–H and O–H groups in total. The molecule has 2 rings (SSSR count). The molecule has 1 aromatic carbocycles. The highest BCUT2D eigenvalue weighted by atomic mass is 79.9. The minimum Gasteiger partial charge on any atom is -0.338 e. The van der Waals surface area contributed by atoms with Gasteiger partial charge in [-0.25, -0.2) is 0 Å². The average Bonchev–Trinajstić information content (AvgIpc) is 3.10. The van der Waals surface area contributed by atoms with Crippen molar-refractivity contribution in [2.24, 2.45) is 5.92 Å². The molecular weight excluding hydrogens is 290 g/mol. The molecule has 0 radical (unpaired) electrons. The van der Waals surface area contributed by atoms with E-state index in [2.05, 4.69) is 22.9 Å². The molecule has 3 heteroatoms. The monoisotopic (exact) mass is 309 g/mol. The maximum Gasteiger partial charge on any atom is 0.253 e. The Morgan fingerprint density at radius 2 is 2.11 bits per heavy atom. The van der Waals surface area contributed by atoms with Gasteiger partial charge in [0.1, 0.15) is 0 Å². The van der Waals surface area contributed by atoms with E-state index in [9.17, 15) is 4.79 Å². The van der Waals surface area contributed by atoms with Crippen LogP contribution in [0.1, 0.15) is 42.1 Å². The molecule has 1 saturated carbocycles. The van der Waals surface area contributed by atoms with Crippen LogP contribution in [-0.4, -0.2) is 23.9 Å². The van der Waals surface area contributed by atoms with Gasteiger partial charge < -0.3 is 4.90 Å².